The zero-order chi connectivity index (χ0) is 16.4. The van der Waals surface area contributed by atoms with Crippen molar-refractivity contribution >= 4 is 17.0 Å². The molecule has 0 aromatic carbocycles. The molecule has 3 rings (SSSR count). The average Bonchev–Trinajstić information content (AvgIpc) is 3.16. The maximum Gasteiger partial charge on any atom is 0.437 e. The lowest BCUT2D eigenvalue weighted by atomic mass is 10.4. The normalized spacial score (nSPS) is 10.8. The summed E-state index contributed by atoms with van der Waals surface area (Å²) >= 11 is 1.38. The van der Waals surface area contributed by atoms with Crippen LogP contribution in [0.4, 0.5) is 5.69 Å². The monoisotopic (exact) mass is 334 g/mol. The van der Waals surface area contributed by atoms with E-state index in [1.165, 1.54) is 11.3 Å². The Balaban J connectivity index is 1.82. The van der Waals surface area contributed by atoms with E-state index in [0.717, 1.165) is 27.6 Å². The second-order valence-electron chi connectivity index (χ2n) is 4.55. The van der Waals surface area contributed by atoms with Crippen molar-refractivity contribution in [1.29, 1.82) is 0 Å². The highest BCUT2D eigenvalue weighted by Crippen LogP contribution is 2.20. The molecule has 0 spiro atoms. The van der Waals surface area contributed by atoms with Crippen molar-refractivity contribution in [2.24, 2.45) is 0 Å². The van der Waals surface area contributed by atoms with Crippen molar-refractivity contribution in [2.75, 3.05) is 0 Å². The zero-order valence-corrected chi connectivity index (χ0v) is 12.4. The largest absolute Gasteiger partial charge is 0.437 e. The van der Waals surface area contributed by atoms with Crippen LogP contribution in [0.3, 0.4) is 0 Å². The van der Waals surface area contributed by atoms with Crippen LogP contribution in [-0.2, 0) is 13.1 Å². The van der Waals surface area contributed by atoms with Gasteiger partial charge in [0.2, 0.25) is 0 Å². The molecule has 0 unspecified atom stereocenters. The van der Waals surface area contributed by atoms with Crippen LogP contribution in [0.2, 0.25) is 0 Å². The third-order valence-electron chi connectivity index (χ3n) is 3.07. The van der Waals surface area contributed by atoms with Crippen LogP contribution in [0.1, 0.15) is 0 Å². The Morgan fingerprint density at radius 2 is 2.09 bits per heavy atom. The van der Waals surface area contributed by atoms with Gasteiger partial charge in [0, 0.05) is 18.7 Å². The van der Waals surface area contributed by atoms with E-state index in [2.05, 4.69) is 5.10 Å². The van der Waals surface area contributed by atoms with E-state index < -0.39 is 16.2 Å². The molecule has 9 nitrogen and oxygen atoms in total. The number of thiophene rings is 1. The Morgan fingerprint density at radius 3 is 2.78 bits per heavy atom. The zero-order valence-electron chi connectivity index (χ0n) is 11.6. The fourth-order valence-electron chi connectivity index (χ4n) is 1.95. The van der Waals surface area contributed by atoms with E-state index in [9.17, 15) is 19.7 Å². The molecule has 0 aliphatic rings. The molecule has 0 aliphatic carbocycles. The fraction of sp³-hybridized carbons (Fsp3) is 0.154. The lowest BCUT2D eigenvalue weighted by molar-refractivity contribution is -0.385. The van der Waals surface area contributed by atoms with E-state index in [-0.39, 0.29) is 24.7 Å². The first-order valence-corrected chi connectivity index (χ1v) is 7.39. The van der Waals surface area contributed by atoms with Gasteiger partial charge in [0.05, 0.1) is 22.5 Å². The first kappa shape index (κ1) is 14.9. The molecular weight excluding hydrogens is 324 g/mol. The van der Waals surface area contributed by atoms with Gasteiger partial charge < -0.3 is 8.98 Å². The summed E-state index contributed by atoms with van der Waals surface area (Å²) < 4.78 is 7.29. The van der Waals surface area contributed by atoms with E-state index in [0.29, 0.717) is 4.88 Å². The van der Waals surface area contributed by atoms with Gasteiger partial charge in [0.25, 0.3) is 17.1 Å². The van der Waals surface area contributed by atoms with Gasteiger partial charge >= 0.3 is 5.76 Å². The number of aromatic nitrogens is 3. The van der Waals surface area contributed by atoms with Gasteiger partial charge in [-0.2, -0.15) is 4.68 Å². The van der Waals surface area contributed by atoms with Crippen LogP contribution in [0, 0.1) is 10.1 Å². The molecule has 0 fully saturated rings. The van der Waals surface area contributed by atoms with Crippen molar-refractivity contribution in [3.05, 3.63) is 66.9 Å². The minimum absolute atomic E-state index is 0.0643. The quantitative estimate of drug-likeness (QED) is 0.514. The van der Waals surface area contributed by atoms with E-state index in [4.69, 9.17) is 4.42 Å². The Bertz CT molecular complexity index is 953. The summed E-state index contributed by atoms with van der Waals surface area (Å²) in [5, 5.41) is 16.6. The number of rotatable bonds is 5. The lowest BCUT2D eigenvalue weighted by Crippen LogP contribution is -2.25. The highest BCUT2D eigenvalue weighted by molar-refractivity contribution is 7.13. The van der Waals surface area contributed by atoms with Gasteiger partial charge in [-0.05, 0) is 11.4 Å². The topological polar surface area (TPSA) is 113 Å². The number of aryl methyl sites for hydroxylation is 2. The predicted octanol–water partition coefficient (Wildman–Crippen LogP) is 1.33. The molecule has 3 heterocycles. The van der Waals surface area contributed by atoms with Gasteiger partial charge in [0.15, 0.2) is 0 Å². The summed E-state index contributed by atoms with van der Waals surface area (Å²) in [4.78, 5) is 34.3. The molecule has 0 amide bonds. The minimum Gasteiger partial charge on any atom is -0.387 e. The molecule has 0 N–H and O–H groups in total. The Kier molecular flexibility index (Phi) is 3.89. The molecule has 118 valence electrons. The maximum absolute atomic E-state index is 11.8. The van der Waals surface area contributed by atoms with E-state index in [1.807, 2.05) is 11.4 Å². The SMILES string of the molecule is O=c1ccc([N+](=O)[O-])cn1CCn1nc(-c2cccs2)oc1=O. The molecule has 0 aliphatic heterocycles. The highest BCUT2D eigenvalue weighted by Gasteiger charge is 2.12. The minimum atomic E-state index is -0.646. The number of pyridine rings is 1. The lowest BCUT2D eigenvalue weighted by Gasteiger charge is -2.03. The standard InChI is InChI=1S/C13H10N4O5S/c18-11-4-3-9(17(20)21)8-15(11)5-6-16-13(19)22-12(14-16)10-2-1-7-23-10/h1-4,7-8H,5-6H2. The Morgan fingerprint density at radius 1 is 1.26 bits per heavy atom. The summed E-state index contributed by atoms with van der Waals surface area (Å²) in [6.07, 6.45) is 1.13. The first-order chi connectivity index (χ1) is 11.0. The second kappa shape index (κ2) is 6.01. The number of hydrogen-bond acceptors (Lipinski definition) is 7. The summed E-state index contributed by atoms with van der Waals surface area (Å²) in [5.41, 5.74) is -0.595. The highest BCUT2D eigenvalue weighted by atomic mass is 32.1. The van der Waals surface area contributed by atoms with Crippen LogP contribution < -0.4 is 11.3 Å². The third kappa shape index (κ3) is 3.11. The summed E-state index contributed by atoms with van der Waals surface area (Å²) in [6.45, 7) is 0.131. The molecule has 3 aromatic heterocycles. The van der Waals surface area contributed by atoms with Crippen molar-refractivity contribution in [1.82, 2.24) is 14.3 Å². The van der Waals surface area contributed by atoms with Crippen molar-refractivity contribution in [3.63, 3.8) is 0 Å². The van der Waals surface area contributed by atoms with Gasteiger partial charge in [-0.1, -0.05) is 6.07 Å². The summed E-state index contributed by atoms with van der Waals surface area (Å²) in [7, 11) is 0. The maximum atomic E-state index is 11.8. The molecule has 3 aromatic rings. The number of hydrogen-bond donors (Lipinski definition) is 0. The molecule has 0 radical (unpaired) electrons. The van der Waals surface area contributed by atoms with E-state index in [1.54, 1.807) is 6.07 Å². The van der Waals surface area contributed by atoms with Crippen LogP contribution in [-0.4, -0.2) is 19.3 Å². The summed E-state index contributed by atoms with van der Waals surface area (Å²) in [5.74, 6) is -0.441. The van der Waals surface area contributed by atoms with Crippen LogP contribution >= 0.6 is 11.3 Å². The molecular formula is C13H10N4O5S. The molecule has 0 atom stereocenters. The van der Waals surface area contributed by atoms with Gasteiger partial charge in [-0.15, -0.1) is 16.4 Å². The van der Waals surface area contributed by atoms with Gasteiger partial charge in [0.1, 0.15) is 0 Å². The Hall–Kier alpha value is -3.01. The fourth-order valence-corrected chi connectivity index (χ4v) is 2.60. The second-order valence-corrected chi connectivity index (χ2v) is 5.50. The van der Waals surface area contributed by atoms with Crippen molar-refractivity contribution in [2.45, 2.75) is 13.1 Å². The number of nitrogens with zero attached hydrogens (tertiary/aromatic N) is 4. The molecule has 0 saturated carbocycles. The van der Waals surface area contributed by atoms with Crippen LogP contribution in [0.15, 0.2) is 49.8 Å². The Labute approximate surface area is 132 Å². The summed E-state index contributed by atoms with van der Waals surface area (Å²) in [6, 6.07) is 5.82. The smallest absolute Gasteiger partial charge is 0.387 e. The number of nitro groups is 1. The molecule has 10 heteroatoms. The predicted molar refractivity (Wildman–Crippen MR) is 81.4 cm³/mol. The van der Waals surface area contributed by atoms with Crippen LogP contribution in [0.25, 0.3) is 10.8 Å². The van der Waals surface area contributed by atoms with Gasteiger partial charge in [-0.3, -0.25) is 14.9 Å². The van der Waals surface area contributed by atoms with Crippen LogP contribution in [0.5, 0.6) is 0 Å². The molecule has 23 heavy (non-hydrogen) atoms. The molecule has 0 saturated heterocycles. The van der Waals surface area contributed by atoms with Gasteiger partial charge in [-0.25, -0.2) is 4.79 Å². The van der Waals surface area contributed by atoms with Crippen molar-refractivity contribution in [3.8, 4) is 10.8 Å². The van der Waals surface area contributed by atoms with E-state index >= 15 is 0 Å². The average molecular weight is 334 g/mol. The first-order valence-electron chi connectivity index (χ1n) is 6.51. The van der Waals surface area contributed by atoms with Crippen molar-refractivity contribution < 1.29 is 9.34 Å². The third-order valence-corrected chi connectivity index (χ3v) is 3.93. The molecule has 0 bridgehead atoms.